The number of hydrogen-bond acceptors (Lipinski definition) is 3. The molecule has 0 aliphatic heterocycles. The minimum Gasteiger partial charge on any atom is -0.353 e. The van der Waals surface area contributed by atoms with Crippen molar-refractivity contribution < 1.29 is 9.59 Å². The van der Waals surface area contributed by atoms with E-state index in [4.69, 9.17) is 0 Å². The highest BCUT2D eigenvalue weighted by Gasteiger charge is 2.48. The molecule has 0 spiro atoms. The highest BCUT2D eigenvalue weighted by molar-refractivity contribution is 5.92. The van der Waals surface area contributed by atoms with Gasteiger partial charge in [-0.25, -0.2) is 0 Å². The standard InChI is InChI=1S/C16H21N3O2/c20-15(18-10-12-7-3-4-8-17-12)13-9-14(13)16(21)19-11-5-1-2-6-11/h3-4,7-8,11,13-14H,1-2,5-6,9-10H2,(H,18,20)(H,19,21). The van der Waals surface area contributed by atoms with Crippen LogP contribution in [0.15, 0.2) is 24.4 Å². The maximum atomic E-state index is 12.0. The first-order valence-electron chi connectivity index (χ1n) is 7.72. The van der Waals surface area contributed by atoms with Crippen molar-refractivity contribution in [2.45, 2.75) is 44.7 Å². The highest BCUT2D eigenvalue weighted by atomic mass is 16.2. The Kier molecular flexibility index (Phi) is 4.18. The monoisotopic (exact) mass is 287 g/mol. The van der Waals surface area contributed by atoms with Crippen molar-refractivity contribution in [3.05, 3.63) is 30.1 Å². The molecule has 5 nitrogen and oxygen atoms in total. The second kappa shape index (κ2) is 6.24. The molecule has 2 fully saturated rings. The summed E-state index contributed by atoms with van der Waals surface area (Å²) in [7, 11) is 0. The summed E-state index contributed by atoms with van der Waals surface area (Å²) in [5.41, 5.74) is 0.832. The van der Waals surface area contributed by atoms with Gasteiger partial charge in [0.2, 0.25) is 11.8 Å². The lowest BCUT2D eigenvalue weighted by atomic mass is 10.2. The summed E-state index contributed by atoms with van der Waals surface area (Å²) in [5, 5.41) is 5.93. The zero-order chi connectivity index (χ0) is 14.7. The van der Waals surface area contributed by atoms with Gasteiger partial charge in [-0.1, -0.05) is 18.9 Å². The first-order chi connectivity index (χ1) is 10.2. The topological polar surface area (TPSA) is 71.1 Å². The smallest absolute Gasteiger partial charge is 0.224 e. The lowest BCUT2D eigenvalue weighted by Crippen LogP contribution is -2.35. The maximum Gasteiger partial charge on any atom is 0.224 e. The van der Waals surface area contributed by atoms with E-state index >= 15 is 0 Å². The minimum atomic E-state index is -0.157. The molecule has 21 heavy (non-hydrogen) atoms. The molecule has 0 aromatic carbocycles. The van der Waals surface area contributed by atoms with Crippen molar-refractivity contribution >= 4 is 11.8 Å². The van der Waals surface area contributed by atoms with E-state index in [9.17, 15) is 9.59 Å². The third-order valence-electron chi connectivity index (χ3n) is 4.34. The van der Waals surface area contributed by atoms with Crippen LogP contribution in [-0.2, 0) is 16.1 Å². The van der Waals surface area contributed by atoms with Gasteiger partial charge in [-0.15, -0.1) is 0 Å². The second-order valence-corrected chi connectivity index (χ2v) is 5.98. The quantitative estimate of drug-likeness (QED) is 0.859. The number of aromatic nitrogens is 1. The Bertz CT molecular complexity index is 512. The highest BCUT2D eigenvalue weighted by Crippen LogP contribution is 2.39. The van der Waals surface area contributed by atoms with E-state index in [1.165, 1.54) is 12.8 Å². The van der Waals surface area contributed by atoms with Crippen LogP contribution in [0.4, 0.5) is 0 Å². The van der Waals surface area contributed by atoms with Crippen LogP contribution in [0.25, 0.3) is 0 Å². The normalized spacial score (nSPS) is 24.6. The largest absolute Gasteiger partial charge is 0.353 e. The van der Waals surface area contributed by atoms with Crippen LogP contribution in [0.2, 0.25) is 0 Å². The SMILES string of the molecule is O=C(NCc1ccccn1)C1CC1C(=O)NC1CCCC1. The molecule has 2 unspecified atom stereocenters. The van der Waals surface area contributed by atoms with Crippen molar-refractivity contribution in [3.63, 3.8) is 0 Å². The molecular weight excluding hydrogens is 266 g/mol. The first-order valence-corrected chi connectivity index (χ1v) is 7.72. The Labute approximate surface area is 124 Å². The minimum absolute atomic E-state index is 0.0350. The number of carbonyl (C=O) groups is 2. The molecule has 112 valence electrons. The molecule has 2 saturated carbocycles. The van der Waals surface area contributed by atoms with Gasteiger partial charge in [0.1, 0.15) is 0 Å². The average molecular weight is 287 g/mol. The van der Waals surface area contributed by atoms with Crippen LogP contribution < -0.4 is 10.6 Å². The molecule has 2 aliphatic rings. The fourth-order valence-electron chi connectivity index (χ4n) is 2.96. The van der Waals surface area contributed by atoms with Crippen molar-refractivity contribution in [2.24, 2.45) is 11.8 Å². The molecule has 2 N–H and O–H groups in total. The molecular formula is C16H21N3O2. The number of hydrogen-bond donors (Lipinski definition) is 2. The molecule has 2 aliphatic carbocycles. The summed E-state index contributed by atoms with van der Waals surface area (Å²) in [4.78, 5) is 28.2. The Morgan fingerprint density at radius 2 is 1.90 bits per heavy atom. The van der Waals surface area contributed by atoms with Gasteiger partial charge in [0.25, 0.3) is 0 Å². The van der Waals surface area contributed by atoms with E-state index in [1.807, 2.05) is 18.2 Å². The van der Waals surface area contributed by atoms with Crippen LogP contribution in [0.3, 0.4) is 0 Å². The third-order valence-corrected chi connectivity index (χ3v) is 4.34. The third kappa shape index (κ3) is 3.60. The van der Waals surface area contributed by atoms with E-state index < -0.39 is 0 Å². The summed E-state index contributed by atoms with van der Waals surface area (Å²) in [6.07, 6.45) is 6.93. The molecule has 0 bridgehead atoms. The molecule has 1 aromatic rings. The zero-order valence-corrected chi connectivity index (χ0v) is 12.0. The van der Waals surface area contributed by atoms with Gasteiger partial charge < -0.3 is 10.6 Å². The number of pyridine rings is 1. The van der Waals surface area contributed by atoms with Gasteiger partial charge in [-0.3, -0.25) is 14.6 Å². The number of amides is 2. The van der Waals surface area contributed by atoms with Crippen LogP contribution in [0.5, 0.6) is 0 Å². The van der Waals surface area contributed by atoms with Crippen LogP contribution >= 0.6 is 0 Å². The summed E-state index contributed by atoms with van der Waals surface area (Å²) in [5.74, 6) is -0.267. The average Bonchev–Trinajstić information content (AvgIpc) is 3.16. The van der Waals surface area contributed by atoms with E-state index in [2.05, 4.69) is 15.6 Å². The molecule has 0 radical (unpaired) electrons. The first kappa shape index (κ1) is 14.0. The predicted octanol–water partition coefficient (Wildman–Crippen LogP) is 1.39. The molecule has 1 aromatic heterocycles. The van der Waals surface area contributed by atoms with E-state index in [0.29, 0.717) is 19.0 Å². The summed E-state index contributed by atoms with van der Waals surface area (Å²) < 4.78 is 0. The number of carbonyl (C=O) groups excluding carboxylic acids is 2. The lowest BCUT2D eigenvalue weighted by molar-refractivity contribution is -0.127. The molecule has 1 heterocycles. The summed E-state index contributed by atoms with van der Waals surface area (Å²) in [6, 6.07) is 5.94. The lowest BCUT2D eigenvalue weighted by Gasteiger charge is -2.11. The molecule has 0 saturated heterocycles. The zero-order valence-electron chi connectivity index (χ0n) is 12.0. The van der Waals surface area contributed by atoms with Crippen LogP contribution in [-0.4, -0.2) is 22.8 Å². The Morgan fingerprint density at radius 1 is 1.14 bits per heavy atom. The van der Waals surface area contributed by atoms with Crippen molar-refractivity contribution in [2.75, 3.05) is 0 Å². The molecule has 3 rings (SSSR count). The van der Waals surface area contributed by atoms with Crippen molar-refractivity contribution in [3.8, 4) is 0 Å². The second-order valence-electron chi connectivity index (χ2n) is 5.98. The molecule has 2 amide bonds. The van der Waals surface area contributed by atoms with Gasteiger partial charge in [0.15, 0.2) is 0 Å². The Morgan fingerprint density at radius 3 is 2.62 bits per heavy atom. The molecule has 2 atom stereocenters. The summed E-state index contributed by atoms with van der Waals surface area (Å²) in [6.45, 7) is 0.424. The fraction of sp³-hybridized carbons (Fsp3) is 0.562. The van der Waals surface area contributed by atoms with Gasteiger partial charge >= 0.3 is 0 Å². The van der Waals surface area contributed by atoms with Gasteiger partial charge in [-0.2, -0.15) is 0 Å². The van der Waals surface area contributed by atoms with Crippen molar-refractivity contribution in [1.82, 2.24) is 15.6 Å². The van der Waals surface area contributed by atoms with E-state index in [0.717, 1.165) is 18.5 Å². The maximum absolute atomic E-state index is 12.0. The van der Waals surface area contributed by atoms with E-state index in [-0.39, 0.29) is 23.7 Å². The van der Waals surface area contributed by atoms with Gasteiger partial charge in [0, 0.05) is 12.2 Å². The molecule has 5 heteroatoms. The Balaban J connectivity index is 1.41. The fourth-order valence-corrected chi connectivity index (χ4v) is 2.96. The number of rotatable bonds is 5. The summed E-state index contributed by atoms with van der Waals surface area (Å²) >= 11 is 0. The predicted molar refractivity (Wildman–Crippen MR) is 78.1 cm³/mol. The van der Waals surface area contributed by atoms with Crippen LogP contribution in [0.1, 0.15) is 37.8 Å². The number of nitrogens with zero attached hydrogens (tertiary/aromatic N) is 1. The van der Waals surface area contributed by atoms with E-state index in [1.54, 1.807) is 6.20 Å². The van der Waals surface area contributed by atoms with Gasteiger partial charge in [-0.05, 0) is 31.4 Å². The number of nitrogens with one attached hydrogen (secondary N) is 2. The Hall–Kier alpha value is -1.91. The van der Waals surface area contributed by atoms with Crippen molar-refractivity contribution in [1.29, 1.82) is 0 Å². The van der Waals surface area contributed by atoms with Gasteiger partial charge in [0.05, 0.1) is 24.1 Å². The van der Waals surface area contributed by atoms with Crippen LogP contribution in [0, 0.1) is 11.8 Å².